The molecule has 0 aliphatic carbocycles. The number of halogens is 1. The van der Waals surface area contributed by atoms with Gasteiger partial charge in [-0.25, -0.2) is 4.98 Å². The van der Waals surface area contributed by atoms with E-state index in [1.807, 2.05) is 29.8 Å². The minimum atomic E-state index is 0.517. The van der Waals surface area contributed by atoms with Gasteiger partial charge in [0.1, 0.15) is 5.82 Å². The highest BCUT2D eigenvalue weighted by molar-refractivity contribution is 9.10. The van der Waals surface area contributed by atoms with Crippen LogP contribution in [-0.2, 0) is 6.54 Å². The van der Waals surface area contributed by atoms with Gasteiger partial charge in [-0.05, 0) is 25.6 Å². The van der Waals surface area contributed by atoms with E-state index in [1.54, 1.807) is 0 Å². The number of anilines is 1. The van der Waals surface area contributed by atoms with Crippen molar-refractivity contribution in [3.8, 4) is 0 Å². The Morgan fingerprint density at radius 2 is 2.04 bits per heavy atom. The van der Waals surface area contributed by atoms with Gasteiger partial charge in [-0.3, -0.25) is 9.30 Å². The predicted octanol–water partition coefficient (Wildman–Crippen LogP) is 2.52. The number of rotatable bonds is 4. The number of hydrogen-bond donors (Lipinski definition) is 0. The summed E-state index contributed by atoms with van der Waals surface area (Å²) in [5.41, 5.74) is 2.15. The molecule has 0 spiro atoms. The number of hydrogen-bond acceptors (Lipinski definition) is 5. The molecule has 1 saturated heterocycles. The molecule has 7 heteroatoms. The van der Waals surface area contributed by atoms with Crippen molar-refractivity contribution in [1.29, 1.82) is 0 Å². The summed E-state index contributed by atoms with van der Waals surface area (Å²) in [5, 5.41) is 8.41. The van der Waals surface area contributed by atoms with E-state index >= 15 is 0 Å². The first kappa shape index (κ1) is 15.5. The van der Waals surface area contributed by atoms with Crippen molar-refractivity contribution in [3.63, 3.8) is 0 Å². The van der Waals surface area contributed by atoms with Gasteiger partial charge in [0.15, 0.2) is 5.82 Å². The highest BCUT2D eigenvalue weighted by Crippen LogP contribution is 2.26. The standard InChI is InChI=1S/C17H19BrN6/c1-12-20-21-17-16(19-7-8-24(12)17)23-10-14(11-23)22(2)9-13-5-3-4-6-15(13)18/h3-8,14H,9-11H2,1-2H3. The van der Waals surface area contributed by atoms with Gasteiger partial charge < -0.3 is 4.90 Å². The summed E-state index contributed by atoms with van der Waals surface area (Å²) >= 11 is 3.63. The van der Waals surface area contributed by atoms with Gasteiger partial charge in [0, 0.05) is 42.5 Å². The van der Waals surface area contributed by atoms with E-state index in [1.165, 1.54) is 10.0 Å². The zero-order valence-electron chi connectivity index (χ0n) is 13.7. The third-order valence-corrected chi connectivity index (χ3v) is 5.42. The van der Waals surface area contributed by atoms with Crippen LogP contribution in [0.1, 0.15) is 11.4 Å². The molecule has 3 heterocycles. The number of benzene rings is 1. The van der Waals surface area contributed by atoms with Crippen LogP contribution in [0.3, 0.4) is 0 Å². The molecule has 3 aromatic rings. The molecular weight excluding hydrogens is 368 g/mol. The summed E-state index contributed by atoms with van der Waals surface area (Å²) < 4.78 is 3.15. The normalized spacial score (nSPS) is 15.2. The summed E-state index contributed by atoms with van der Waals surface area (Å²) in [6, 6.07) is 8.90. The lowest BCUT2D eigenvalue weighted by molar-refractivity contribution is 0.196. The number of likely N-dealkylation sites (N-methyl/N-ethyl adjacent to an activating group) is 1. The van der Waals surface area contributed by atoms with Crippen LogP contribution in [0.25, 0.3) is 5.65 Å². The Bertz CT molecular complexity index is 870. The molecule has 1 aliphatic heterocycles. The Morgan fingerprint density at radius 1 is 1.25 bits per heavy atom. The van der Waals surface area contributed by atoms with E-state index in [0.29, 0.717) is 6.04 Å². The van der Waals surface area contributed by atoms with Gasteiger partial charge in [0.25, 0.3) is 0 Å². The SMILES string of the molecule is Cc1nnc2c(N3CC(N(C)Cc4ccccc4Br)C3)nccn12. The topological polar surface area (TPSA) is 49.6 Å². The Kier molecular flexibility index (Phi) is 3.97. The molecule has 6 nitrogen and oxygen atoms in total. The van der Waals surface area contributed by atoms with Crippen LogP contribution in [-0.4, -0.2) is 50.7 Å². The Morgan fingerprint density at radius 3 is 2.83 bits per heavy atom. The number of aromatic nitrogens is 4. The fraction of sp³-hybridized carbons (Fsp3) is 0.353. The lowest BCUT2D eigenvalue weighted by Gasteiger charge is -2.44. The molecule has 0 unspecified atom stereocenters. The molecule has 0 N–H and O–H groups in total. The van der Waals surface area contributed by atoms with E-state index in [2.05, 4.69) is 66.2 Å². The average molecular weight is 387 g/mol. The van der Waals surface area contributed by atoms with Gasteiger partial charge in [-0.1, -0.05) is 34.1 Å². The summed E-state index contributed by atoms with van der Waals surface area (Å²) in [6.07, 6.45) is 3.72. The molecule has 4 rings (SSSR count). The second-order valence-corrected chi connectivity index (χ2v) is 7.11. The minimum absolute atomic E-state index is 0.517. The molecule has 24 heavy (non-hydrogen) atoms. The van der Waals surface area contributed by atoms with Crippen molar-refractivity contribution in [1.82, 2.24) is 24.5 Å². The first-order chi connectivity index (χ1) is 11.6. The van der Waals surface area contributed by atoms with Gasteiger partial charge >= 0.3 is 0 Å². The van der Waals surface area contributed by atoms with Crippen LogP contribution in [0.15, 0.2) is 41.1 Å². The molecule has 0 saturated carbocycles. The predicted molar refractivity (Wildman–Crippen MR) is 97.1 cm³/mol. The van der Waals surface area contributed by atoms with Gasteiger partial charge in [-0.2, -0.15) is 0 Å². The van der Waals surface area contributed by atoms with Crippen molar-refractivity contribution < 1.29 is 0 Å². The molecular formula is C17H19BrN6. The fourth-order valence-corrected chi connectivity index (χ4v) is 3.49. The third kappa shape index (κ3) is 2.67. The second kappa shape index (κ2) is 6.14. The molecule has 1 aromatic carbocycles. The highest BCUT2D eigenvalue weighted by atomic mass is 79.9. The van der Waals surface area contributed by atoms with Crippen molar-refractivity contribution in [2.24, 2.45) is 0 Å². The maximum atomic E-state index is 4.51. The zero-order valence-corrected chi connectivity index (χ0v) is 15.3. The van der Waals surface area contributed by atoms with Crippen molar-refractivity contribution in [2.75, 3.05) is 25.0 Å². The van der Waals surface area contributed by atoms with E-state index < -0.39 is 0 Å². The summed E-state index contributed by atoms with van der Waals surface area (Å²) in [4.78, 5) is 9.17. The maximum absolute atomic E-state index is 4.51. The average Bonchev–Trinajstić information content (AvgIpc) is 2.91. The molecule has 124 valence electrons. The maximum Gasteiger partial charge on any atom is 0.203 e. The molecule has 0 radical (unpaired) electrons. The smallest absolute Gasteiger partial charge is 0.203 e. The Labute approximate surface area is 149 Å². The molecule has 2 aromatic heterocycles. The minimum Gasteiger partial charge on any atom is -0.350 e. The number of fused-ring (bicyclic) bond motifs is 1. The monoisotopic (exact) mass is 386 g/mol. The molecule has 0 amide bonds. The molecule has 1 fully saturated rings. The van der Waals surface area contributed by atoms with Crippen LogP contribution in [0.4, 0.5) is 5.82 Å². The van der Waals surface area contributed by atoms with Gasteiger partial charge in [0.2, 0.25) is 5.65 Å². The van der Waals surface area contributed by atoms with Gasteiger partial charge in [0.05, 0.1) is 0 Å². The third-order valence-electron chi connectivity index (χ3n) is 4.64. The lowest BCUT2D eigenvalue weighted by atomic mass is 10.1. The van der Waals surface area contributed by atoms with Crippen molar-refractivity contribution in [2.45, 2.75) is 19.5 Å². The summed E-state index contributed by atoms with van der Waals surface area (Å²) in [7, 11) is 2.18. The summed E-state index contributed by atoms with van der Waals surface area (Å²) in [5.74, 6) is 1.81. The largest absolute Gasteiger partial charge is 0.350 e. The van der Waals surface area contributed by atoms with Crippen LogP contribution in [0, 0.1) is 6.92 Å². The quantitative estimate of drug-likeness (QED) is 0.689. The van der Waals surface area contributed by atoms with E-state index in [0.717, 1.165) is 36.9 Å². The number of nitrogens with zero attached hydrogens (tertiary/aromatic N) is 6. The van der Waals surface area contributed by atoms with Crippen LogP contribution in [0.5, 0.6) is 0 Å². The van der Waals surface area contributed by atoms with Crippen molar-refractivity contribution in [3.05, 3.63) is 52.5 Å². The highest BCUT2D eigenvalue weighted by Gasteiger charge is 2.32. The fourth-order valence-electron chi connectivity index (χ4n) is 3.08. The Hall–Kier alpha value is -1.99. The zero-order chi connectivity index (χ0) is 16.7. The molecule has 0 atom stereocenters. The van der Waals surface area contributed by atoms with E-state index in [4.69, 9.17) is 0 Å². The van der Waals surface area contributed by atoms with E-state index in [9.17, 15) is 0 Å². The molecule has 0 bridgehead atoms. The van der Waals surface area contributed by atoms with Crippen LogP contribution in [0.2, 0.25) is 0 Å². The summed E-state index contributed by atoms with van der Waals surface area (Å²) in [6.45, 7) is 4.80. The van der Waals surface area contributed by atoms with Crippen LogP contribution >= 0.6 is 15.9 Å². The first-order valence-corrected chi connectivity index (χ1v) is 8.77. The Balaban J connectivity index is 1.45. The first-order valence-electron chi connectivity index (χ1n) is 7.98. The second-order valence-electron chi connectivity index (χ2n) is 6.26. The van der Waals surface area contributed by atoms with Crippen LogP contribution < -0.4 is 4.90 Å². The van der Waals surface area contributed by atoms with Crippen molar-refractivity contribution >= 4 is 27.4 Å². The number of aryl methyl sites for hydroxylation is 1. The van der Waals surface area contributed by atoms with Gasteiger partial charge in [-0.15, -0.1) is 10.2 Å². The van der Waals surface area contributed by atoms with E-state index in [-0.39, 0.29) is 0 Å². The lowest BCUT2D eigenvalue weighted by Crippen LogP contribution is -2.58. The molecule has 1 aliphatic rings.